The molecule has 0 atom stereocenters. The zero-order valence-electron chi connectivity index (χ0n) is 26.3. The number of imide groups is 1. The number of anilines is 1. The lowest BCUT2D eigenvalue weighted by molar-refractivity contribution is -0.120. The van der Waals surface area contributed by atoms with Crippen molar-refractivity contribution in [2.75, 3.05) is 32.6 Å². The normalized spacial score (nSPS) is 12.5. The first kappa shape index (κ1) is 31.8. The van der Waals surface area contributed by atoms with Crippen LogP contribution in [-0.4, -0.2) is 60.3 Å². The van der Waals surface area contributed by atoms with E-state index in [4.69, 9.17) is 16.3 Å². The molecule has 0 bridgehead atoms. The maximum atomic E-state index is 13.3. The molecule has 3 amide bonds. The molecule has 0 aliphatic carbocycles. The summed E-state index contributed by atoms with van der Waals surface area (Å²) in [5, 5.41) is 9.40. The summed E-state index contributed by atoms with van der Waals surface area (Å²) in [6.45, 7) is 1.30. The van der Waals surface area contributed by atoms with Gasteiger partial charge in [0.2, 0.25) is 5.91 Å². The minimum absolute atomic E-state index is 0.113. The number of ether oxygens (including phenoxy) is 1. The number of halogens is 1. The molecule has 1 aromatic heterocycles. The number of methoxy groups -OCH3 is 1. The number of hydrogen-bond acceptors (Lipinski definition) is 6. The minimum Gasteiger partial charge on any atom is -0.497 e. The number of carbonyl (C=O) groups is 4. The number of nitrogens with zero attached hydrogens (tertiary/aromatic N) is 2. The van der Waals surface area contributed by atoms with E-state index in [9.17, 15) is 19.2 Å². The smallest absolute Gasteiger partial charge is 0.262 e. The maximum absolute atomic E-state index is 13.3. The van der Waals surface area contributed by atoms with Crippen molar-refractivity contribution in [3.63, 3.8) is 0 Å². The van der Waals surface area contributed by atoms with Gasteiger partial charge in [-0.15, -0.1) is 0 Å². The number of hydrogen-bond donors (Lipinski definition) is 2. The second-order valence-electron chi connectivity index (χ2n) is 11.6. The Balaban J connectivity index is 0.991. The lowest BCUT2D eigenvalue weighted by atomic mass is 9.93. The van der Waals surface area contributed by atoms with Gasteiger partial charge in [-0.05, 0) is 79.1 Å². The molecule has 0 radical (unpaired) electrons. The molecule has 4 aromatic carbocycles. The number of unbranched alkanes of at least 4 members (excludes halogenated alkanes) is 3. The molecule has 0 unspecified atom stereocenters. The Morgan fingerprint density at radius 1 is 0.830 bits per heavy atom. The minimum atomic E-state index is -0.284. The van der Waals surface area contributed by atoms with Crippen molar-refractivity contribution < 1.29 is 23.9 Å². The average molecular weight is 651 g/mol. The van der Waals surface area contributed by atoms with E-state index in [0.717, 1.165) is 59.2 Å². The van der Waals surface area contributed by atoms with Crippen LogP contribution < -0.4 is 15.4 Å². The summed E-state index contributed by atoms with van der Waals surface area (Å²) in [6, 6.07) is 21.4. The fourth-order valence-corrected chi connectivity index (χ4v) is 6.23. The molecule has 5 aromatic rings. The van der Waals surface area contributed by atoms with Gasteiger partial charge in [-0.25, -0.2) is 0 Å². The number of nitrogens with one attached hydrogen (secondary N) is 2. The lowest BCUT2D eigenvalue weighted by Gasteiger charge is -2.24. The van der Waals surface area contributed by atoms with E-state index in [2.05, 4.69) is 10.6 Å². The molecule has 2 heterocycles. The summed E-state index contributed by atoms with van der Waals surface area (Å²) in [4.78, 5) is 52.7. The highest BCUT2D eigenvalue weighted by Crippen LogP contribution is 2.34. The lowest BCUT2D eigenvalue weighted by Crippen LogP contribution is -2.36. The van der Waals surface area contributed by atoms with Gasteiger partial charge in [0, 0.05) is 69.9 Å². The van der Waals surface area contributed by atoms with Crippen LogP contribution in [0.15, 0.2) is 79.0 Å². The second kappa shape index (κ2) is 13.7. The highest BCUT2D eigenvalue weighted by molar-refractivity contribution is 6.30. The fraction of sp³-hybridized carbons (Fsp3) is 0.243. The highest BCUT2D eigenvalue weighted by Gasteiger charge is 2.30. The third kappa shape index (κ3) is 6.44. The van der Waals surface area contributed by atoms with E-state index in [0.29, 0.717) is 44.9 Å². The van der Waals surface area contributed by atoms with Crippen LogP contribution in [0.3, 0.4) is 0 Å². The van der Waals surface area contributed by atoms with Gasteiger partial charge >= 0.3 is 0 Å². The van der Waals surface area contributed by atoms with Crippen molar-refractivity contribution >= 4 is 62.6 Å². The first-order chi connectivity index (χ1) is 22.8. The van der Waals surface area contributed by atoms with Crippen LogP contribution in [-0.2, 0) is 11.2 Å². The van der Waals surface area contributed by atoms with E-state index >= 15 is 0 Å². The second-order valence-corrected chi connectivity index (χ2v) is 12.1. The Morgan fingerprint density at radius 2 is 1.55 bits per heavy atom. The van der Waals surface area contributed by atoms with Crippen LogP contribution in [0.1, 0.15) is 62.3 Å². The van der Waals surface area contributed by atoms with Crippen molar-refractivity contribution in [1.29, 1.82) is 0 Å². The number of fused-ring (bicyclic) bond motifs is 1. The highest BCUT2D eigenvalue weighted by atomic mass is 35.5. The number of rotatable bonds is 12. The third-order valence-corrected chi connectivity index (χ3v) is 8.86. The monoisotopic (exact) mass is 650 g/mol. The Labute approximate surface area is 277 Å². The quantitative estimate of drug-likeness (QED) is 0.115. The zero-order chi connectivity index (χ0) is 33.1. The summed E-state index contributed by atoms with van der Waals surface area (Å²) < 4.78 is 6.97. The van der Waals surface area contributed by atoms with E-state index in [1.165, 1.54) is 7.05 Å². The number of aromatic nitrogens is 1. The topological polar surface area (TPSA) is 110 Å². The van der Waals surface area contributed by atoms with Gasteiger partial charge < -0.3 is 15.4 Å². The molecular weight excluding hydrogens is 616 g/mol. The van der Waals surface area contributed by atoms with Crippen molar-refractivity contribution in [1.82, 2.24) is 14.8 Å². The summed E-state index contributed by atoms with van der Waals surface area (Å²) in [7, 11) is 3.09. The zero-order valence-corrected chi connectivity index (χ0v) is 27.0. The molecular formula is C37H35ClN4O5. The summed E-state index contributed by atoms with van der Waals surface area (Å²) >= 11 is 6.00. The van der Waals surface area contributed by atoms with E-state index < -0.39 is 0 Å². The van der Waals surface area contributed by atoms with E-state index in [1.807, 2.05) is 30.3 Å². The standard InChI is InChI=1S/C37H35ClN4O5/c1-41-36(45)28-9-7-8-27-31(16-15-29(34(27)28)37(41)46)39-18-5-3-4-6-19-40-33(43)20-24-22-42(32-17-14-26(47-2)21-30(24)32)35(44)23-10-12-25(38)13-11-23/h7-17,21-22,39H,3-6,18-20H2,1-2H3,(H,40,43). The SMILES string of the molecule is COc1ccc2c(c1)c(CC(=O)NCCCCCCNc1ccc3c4c(cccc14)C(=O)N(C)C3=O)cn2C(=O)c1ccc(Cl)cc1. The van der Waals surface area contributed by atoms with Crippen molar-refractivity contribution in [2.45, 2.75) is 32.1 Å². The Bertz CT molecular complexity index is 2000. The first-order valence-electron chi connectivity index (χ1n) is 15.6. The van der Waals surface area contributed by atoms with Gasteiger partial charge in [0.1, 0.15) is 5.75 Å². The van der Waals surface area contributed by atoms with Gasteiger partial charge in [-0.2, -0.15) is 0 Å². The molecule has 0 saturated heterocycles. The molecule has 1 aliphatic rings. The molecule has 47 heavy (non-hydrogen) atoms. The van der Waals surface area contributed by atoms with Crippen molar-refractivity contribution in [3.05, 3.63) is 106 Å². The van der Waals surface area contributed by atoms with Gasteiger partial charge in [-0.1, -0.05) is 36.6 Å². The van der Waals surface area contributed by atoms with Crippen molar-refractivity contribution in [3.8, 4) is 5.75 Å². The summed E-state index contributed by atoms with van der Waals surface area (Å²) in [6.07, 6.45) is 5.57. The molecule has 6 rings (SSSR count). The van der Waals surface area contributed by atoms with Gasteiger partial charge in [0.05, 0.1) is 19.0 Å². The molecule has 10 heteroatoms. The largest absolute Gasteiger partial charge is 0.497 e. The average Bonchev–Trinajstić information content (AvgIpc) is 3.44. The van der Waals surface area contributed by atoms with E-state index in [1.54, 1.807) is 60.3 Å². The van der Waals surface area contributed by atoms with Crippen LogP contribution in [0.2, 0.25) is 5.02 Å². The predicted octanol–water partition coefficient (Wildman–Crippen LogP) is 6.70. The molecule has 0 fully saturated rings. The van der Waals surface area contributed by atoms with Crippen LogP contribution in [0, 0.1) is 0 Å². The van der Waals surface area contributed by atoms with Gasteiger partial charge in [0.25, 0.3) is 17.7 Å². The van der Waals surface area contributed by atoms with Crippen LogP contribution >= 0.6 is 11.6 Å². The first-order valence-corrected chi connectivity index (χ1v) is 16.0. The van der Waals surface area contributed by atoms with E-state index in [-0.39, 0.29) is 30.0 Å². The molecule has 0 saturated carbocycles. The number of amides is 3. The summed E-state index contributed by atoms with van der Waals surface area (Å²) in [5.41, 5.74) is 3.92. The molecule has 0 spiro atoms. The van der Waals surface area contributed by atoms with Crippen LogP contribution in [0.25, 0.3) is 21.7 Å². The van der Waals surface area contributed by atoms with Gasteiger partial charge in [0.15, 0.2) is 0 Å². The Hall–Kier alpha value is -5.15. The molecule has 9 nitrogen and oxygen atoms in total. The summed E-state index contributed by atoms with van der Waals surface area (Å²) in [5.74, 6) is -0.242. The van der Waals surface area contributed by atoms with Crippen LogP contribution in [0.5, 0.6) is 5.75 Å². The Morgan fingerprint density at radius 3 is 2.30 bits per heavy atom. The Kier molecular flexibility index (Phi) is 9.26. The number of benzene rings is 4. The van der Waals surface area contributed by atoms with Crippen LogP contribution in [0.4, 0.5) is 5.69 Å². The molecule has 1 aliphatic heterocycles. The molecule has 2 N–H and O–H groups in total. The van der Waals surface area contributed by atoms with Gasteiger partial charge in [-0.3, -0.25) is 28.6 Å². The number of carbonyl (C=O) groups excluding carboxylic acids is 4. The predicted molar refractivity (Wildman–Crippen MR) is 184 cm³/mol. The third-order valence-electron chi connectivity index (χ3n) is 8.61. The molecule has 240 valence electrons. The maximum Gasteiger partial charge on any atom is 0.262 e. The fourth-order valence-electron chi connectivity index (χ4n) is 6.11. The van der Waals surface area contributed by atoms with Crippen molar-refractivity contribution in [2.24, 2.45) is 0 Å².